The molecule has 4 aromatic heterocycles. The van der Waals surface area contributed by atoms with Crippen LogP contribution in [0.2, 0.25) is 0 Å². The van der Waals surface area contributed by atoms with Gasteiger partial charge in [0.25, 0.3) is 0 Å². The summed E-state index contributed by atoms with van der Waals surface area (Å²) in [7, 11) is 0. The highest BCUT2D eigenvalue weighted by Crippen LogP contribution is 2.30. The summed E-state index contributed by atoms with van der Waals surface area (Å²) in [6.45, 7) is 0. The number of hydrogen-bond acceptors (Lipinski definition) is 6. The molecular formula is C50H32N4O12. The third-order valence-corrected chi connectivity index (χ3v) is 11.1. The summed E-state index contributed by atoms with van der Waals surface area (Å²) >= 11 is 0. The molecule has 0 amide bonds. The Bertz CT molecular complexity index is 3580. The lowest BCUT2D eigenvalue weighted by Gasteiger charge is -2.12. The van der Waals surface area contributed by atoms with Gasteiger partial charge in [-0.1, -0.05) is 30.3 Å². The minimum Gasteiger partial charge on any atom is -0.478 e. The molecule has 1 aliphatic rings. The number of benzene rings is 4. The maximum atomic E-state index is 12.4. The molecule has 9 rings (SSSR count). The summed E-state index contributed by atoms with van der Waals surface area (Å²) in [6, 6.07) is 34.0. The van der Waals surface area contributed by atoms with Crippen molar-refractivity contribution in [2.45, 2.75) is 0 Å². The standard InChI is InChI=1S/C50H32N4O12/c55-45(56)27-14-24(15-28(20-27)46(57)58)42-35-8-6-33(51-35)41(23-4-2-1-3-5-23)34-7-9-36(52-34)43(25-16-29(47(59)60)21-30(17-25)48(61)62)38-11-13-40(54-38)44(39-12-10-37(42)53-39)26-18-31(49(63)64)22-32(19-26)50(65)66/h1-22,51-54H,(H,55,56)(H,57,58)(H,59,60)(H,61,62)(H,63,64)(H,65,66). The first kappa shape index (κ1) is 41.6. The second-order valence-corrected chi connectivity index (χ2v) is 15.2. The van der Waals surface area contributed by atoms with Gasteiger partial charge in [-0.25, -0.2) is 28.8 Å². The topological polar surface area (TPSA) is 287 Å². The molecule has 0 atom stereocenters. The summed E-state index contributed by atoms with van der Waals surface area (Å²) in [6.07, 6.45) is 0. The Morgan fingerprint density at radius 3 is 0.758 bits per heavy atom. The first-order valence-electron chi connectivity index (χ1n) is 19.8. The fourth-order valence-electron chi connectivity index (χ4n) is 8.23. The number of fused-ring (bicyclic) bond motifs is 8. The number of H-pyrrole nitrogens is 4. The zero-order valence-corrected chi connectivity index (χ0v) is 33.8. The van der Waals surface area contributed by atoms with Crippen LogP contribution in [0.5, 0.6) is 0 Å². The van der Waals surface area contributed by atoms with Gasteiger partial charge in [0.2, 0.25) is 0 Å². The molecule has 10 N–H and O–H groups in total. The molecule has 0 radical (unpaired) electrons. The van der Waals surface area contributed by atoms with Crippen molar-refractivity contribution in [3.8, 4) is 0 Å². The van der Waals surface area contributed by atoms with Crippen LogP contribution in [0.25, 0.3) is 22.3 Å². The summed E-state index contributed by atoms with van der Waals surface area (Å²) < 4.78 is 0. The molecule has 16 heteroatoms. The van der Waals surface area contributed by atoms with Gasteiger partial charge in [0.15, 0.2) is 0 Å². The Hall–Kier alpha value is -9.70. The van der Waals surface area contributed by atoms with Gasteiger partial charge >= 0.3 is 35.8 Å². The summed E-state index contributed by atoms with van der Waals surface area (Å²) in [5, 5.41) is 62.2. The molecule has 8 bridgehead atoms. The molecule has 0 spiro atoms. The van der Waals surface area contributed by atoms with Gasteiger partial charge in [0, 0.05) is 66.5 Å². The lowest BCUT2D eigenvalue weighted by Crippen LogP contribution is -2.19. The average molecular weight is 881 g/mol. The summed E-state index contributed by atoms with van der Waals surface area (Å²) in [5.41, 5.74) is 2.57. The molecule has 0 saturated carbocycles. The van der Waals surface area contributed by atoms with Crippen LogP contribution in [-0.4, -0.2) is 86.4 Å². The van der Waals surface area contributed by atoms with Crippen molar-refractivity contribution in [2.24, 2.45) is 0 Å². The van der Waals surface area contributed by atoms with Gasteiger partial charge in [0.1, 0.15) is 0 Å². The number of hydrogen-bond donors (Lipinski definition) is 10. The van der Waals surface area contributed by atoms with Crippen LogP contribution in [0.1, 0.15) is 107 Å². The SMILES string of the molecule is O=C(O)c1cc(C(=O)O)cc(C2=c3ccc([nH]3)=C(c3ccccc3)c3ccc([nH]3)C(c3cc(C(=O)O)cc(C(=O)O)c3)=c3ccc([nH]3)=C(c3cc(C(=O)O)cc(C(=O)O)c3)c3ccc2[nH]3)c1. The van der Waals surface area contributed by atoms with Crippen LogP contribution in [-0.2, 0) is 0 Å². The van der Waals surface area contributed by atoms with E-state index in [-0.39, 0.29) is 55.6 Å². The van der Waals surface area contributed by atoms with E-state index < -0.39 is 35.8 Å². The largest absolute Gasteiger partial charge is 0.478 e. The number of rotatable bonds is 10. The van der Waals surface area contributed by atoms with E-state index in [1.165, 1.54) is 36.4 Å². The quantitative estimate of drug-likeness (QED) is 0.0910. The third-order valence-electron chi connectivity index (χ3n) is 11.1. The number of nitrogens with one attached hydrogen (secondary N) is 4. The molecule has 5 heterocycles. The Balaban J connectivity index is 1.48. The first-order valence-corrected chi connectivity index (χ1v) is 19.8. The molecule has 8 aromatic rings. The smallest absolute Gasteiger partial charge is 0.335 e. The molecule has 0 fully saturated rings. The van der Waals surface area contributed by atoms with E-state index in [1.807, 2.05) is 30.3 Å². The van der Waals surface area contributed by atoms with Crippen molar-refractivity contribution >= 4 is 58.1 Å². The van der Waals surface area contributed by atoms with E-state index in [4.69, 9.17) is 0 Å². The third kappa shape index (κ3) is 7.62. The molecule has 66 heavy (non-hydrogen) atoms. The first-order chi connectivity index (χ1) is 31.6. The van der Waals surface area contributed by atoms with Crippen LogP contribution < -0.4 is 21.4 Å². The number of carboxylic acid groups (broad SMARTS) is 6. The zero-order valence-electron chi connectivity index (χ0n) is 33.8. The van der Waals surface area contributed by atoms with Gasteiger partial charge < -0.3 is 50.6 Å². The van der Waals surface area contributed by atoms with Gasteiger partial charge in [0.05, 0.1) is 33.4 Å². The summed E-state index contributed by atoms with van der Waals surface area (Å²) in [5.74, 6) is -8.29. The maximum absolute atomic E-state index is 12.4. The highest BCUT2D eigenvalue weighted by molar-refractivity contribution is 5.99. The van der Waals surface area contributed by atoms with Gasteiger partial charge in [-0.15, -0.1) is 0 Å². The Morgan fingerprint density at radius 1 is 0.273 bits per heavy atom. The van der Waals surface area contributed by atoms with Crippen molar-refractivity contribution in [1.29, 1.82) is 0 Å². The average Bonchev–Trinajstić information content (AvgIpc) is 4.15. The molecule has 0 saturated heterocycles. The van der Waals surface area contributed by atoms with Crippen LogP contribution in [0.4, 0.5) is 0 Å². The Morgan fingerprint density at radius 2 is 0.515 bits per heavy atom. The predicted octanol–water partition coefficient (Wildman–Crippen LogP) is 4.49. The second-order valence-electron chi connectivity index (χ2n) is 15.2. The van der Waals surface area contributed by atoms with E-state index in [9.17, 15) is 59.4 Å². The Labute approximate surface area is 369 Å². The van der Waals surface area contributed by atoms with Crippen molar-refractivity contribution in [3.05, 3.63) is 233 Å². The lowest BCUT2D eigenvalue weighted by molar-refractivity contribution is 0.0676. The monoisotopic (exact) mass is 880 g/mol. The Kier molecular flexibility index (Phi) is 10.2. The fourth-order valence-corrected chi connectivity index (χ4v) is 8.23. The minimum atomic E-state index is -1.41. The fraction of sp³-hybridized carbons (Fsp3) is 0. The van der Waals surface area contributed by atoms with Crippen LogP contribution >= 0.6 is 0 Å². The van der Waals surface area contributed by atoms with E-state index >= 15 is 0 Å². The van der Waals surface area contributed by atoms with E-state index in [2.05, 4.69) is 19.9 Å². The van der Waals surface area contributed by atoms with Crippen molar-refractivity contribution in [3.63, 3.8) is 0 Å². The molecule has 0 unspecified atom stereocenters. The number of carbonyl (C=O) groups is 6. The normalized spacial score (nSPS) is 12.2. The minimum absolute atomic E-state index is 0.131. The highest BCUT2D eigenvalue weighted by Gasteiger charge is 2.23. The van der Waals surface area contributed by atoms with Gasteiger partial charge in [-0.2, -0.15) is 0 Å². The van der Waals surface area contributed by atoms with Gasteiger partial charge in [-0.3, -0.25) is 0 Å². The summed E-state index contributed by atoms with van der Waals surface area (Å²) in [4.78, 5) is 88.1. The van der Waals surface area contributed by atoms with E-state index in [1.54, 1.807) is 48.5 Å². The van der Waals surface area contributed by atoms with Crippen LogP contribution in [0, 0.1) is 0 Å². The van der Waals surface area contributed by atoms with Crippen LogP contribution in [0.3, 0.4) is 0 Å². The molecule has 324 valence electrons. The zero-order chi connectivity index (χ0) is 46.6. The lowest BCUT2D eigenvalue weighted by atomic mass is 9.97. The van der Waals surface area contributed by atoms with Crippen LogP contribution in [0.15, 0.2) is 133 Å². The number of carboxylic acids is 6. The van der Waals surface area contributed by atoms with Gasteiger partial charge in [-0.05, 0) is 125 Å². The highest BCUT2D eigenvalue weighted by atomic mass is 16.4. The molecule has 16 nitrogen and oxygen atoms in total. The second kappa shape index (κ2) is 16.2. The van der Waals surface area contributed by atoms with Crippen molar-refractivity contribution < 1.29 is 59.4 Å². The molecular weight excluding hydrogens is 849 g/mol. The predicted molar refractivity (Wildman–Crippen MR) is 236 cm³/mol. The number of aromatic carboxylic acids is 6. The van der Waals surface area contributed by atoms with Crippen molar-refractivity contribution in [2.75, 3.05) is 0 Å². The van der Waals surface area contributed by atoms with E-state index in [0.29, 0.717) is 60.9 Å². The number of aromatic amines is 4. The molecule has 4 aromatic carbocycles. The molecule has 1 aliphatic heterocycles. The van der Waals surface area contributed by atoms with Crippen molar-refractivity contribution in [1.82, 2.24) is 19.9 Å². The maximum Gasteiger partial charge on any atom is 0.335 e. The number of aromatic nitrogens is 4. The molecule has 0 aliphatic carbocycles. The van der Waals surface area contributed by atoms with E-state index in [0.717, 1.165) is 23.8 Å².